The van der Waals surface area contributed by atoms with Crippen LogP contribution in [-0.2, 0) is 0 Å². The molecule has 0 radical (unpaired) electrons. The average molecular weight is 243 g/mol. The second-order valence-corrected chi connectivity index (χ2v) is 4.74. The second kappa shape index (κ2) is 5.21. The van der Waals surface area contributed by atoms with Gasteiger partial charge in [0.15, 0.2) is 0 Å². The molecule has 1 unspecified atom stereocenters. The molecule has 2 heteroatoms. The molecule has 1 nitrogen and oxygen atoms in total. The van der Waals surface area contributed by atoms with E-state index in [2.05, 4.69) is 24.4 Å². The smallest absolute Gasteiger partial charge is 0.126 e. The van der Waals surface area contributed by atoms with Gasteiger partial charge in [-0.2, -0.15) is 0 Å². The summed E-state index contributed by atoms with van der Waals surface area (Å²) in [7, 11) is 0. The Morgan fingerprint density at radius 2 is 1.67 bits per heavy atom. The Balaban J connectivity index is 2.13. The van der Waals surface area contributed by atoms with Crippen molar-refractivity contribution in [2.24, 2.45) is 0 Å². The van der Waals surface area contributed by atoms with E-state index in [1.807, 2.05) is 31.2 Å². The third-order valence-electron chi connectivity index (χ3n) is 3.13. The van der Waals surface area contributed by atoms with Crippen molar-refractivity contribution in [3.05, 3.63) is 65.0 Å². The van der Waals surface area contributed by atoms with Crippen molar-refractivity contribution >= 4 is 5.69 Å². The summed E-state index contributed by atoms with van der Waals surface area (Å²) in [5, 5.41) is 3.37. The number of nitrogens with one attached hydrogen (secondary N) is 1. The maximum absolute atomic E-state index is 13.5. The standard InChI is InChI=1S/C16H18FN/c1-11-4-8-15(9-5-11)18-13(3)14-7-6-12(2)16(17)10-14/h4-10,13,18H,1-3H3. The zero-order valence-corrected chi connectivity index (χ0v) is 11.0. The first-order valence-corrected chi connectivity index (χ1v) is 6.15. The van der Waals surface area contributed by atoms with Crippen LogP contribution in [0.3, 0.4) is 0 Å². The number of anilines is 1. The SMILES string of the molecule is Cc1ccc(NC(C)c2ccc(C)c(F)c2)cc1. The average Bonchev–Trinajstić information content (AvgIpc) is 2.35. The molecular formula is C16H18FN. The monoisotopic (exact) mass is 243 g/mol. The van der Waals surface area contributed by atoms with E-state index in [1.165, 1.54) is 5.56 Å². The van der Waals surface area contributed by atoms with Crippen molar-refractivity contribution in [2.45, 2.75) is 26.8 Å². The van der Waals surface area contributed by atoms with Crippen LogP contribution < -0.4 is 5.32 Å². The van der Waals surface area contributed by atoms with E-state index in [9.17, 15) is 4.39 Å². The molecular weight excluding hydrogens is 225 g/mol. The second-order valence-electron chi connectivity index (χ2n) is 4.74. The van der Waals surface area contributed by atoms with Gasteiger partial charge in [0.2, 0.25) is 0 Å². The number of hydrogen-bond acceptors (Lipinski definition) is 1. The molecule has 1 N–H and O–H groups in total. The maximum atomic E-state index is 13.5. The van der Waals surface area contributed by atoms with Crippen LogP contribution in [0.15, 0.2) is 42.5 Å². The van der Waals surface area contributed by atoms with E-state index in [4.69, 9.17) is 0 Å². The summed E-state index contributed by atoms with van der Waals surface area (Å²) in [4.78, 5) is 0. The molecule has 0 heterocycles. The molecule has 0 fully saturated rings. The first kappa shape index (κ1) is 12.6. The summed E-state index contributed by atoms with van der Waals surface area (Å²) < 4.78 is 13.5. The van der Waals surface area contributed by atoms with E-state index in [-0.39, 0.29) is 11.9 Å². The van der Waals surface area contributed by atoms with Gasteiger partial charge in [0, 0.05) is 11.7 Å². The largest absolute Gasteiger partial charge is 0.379 e. The molecule has 18 heavy (non-hydrogen) atoms. The lowest BCUT2D eigenvalue weighted by atomic mass is 10.1. The van der Waals surface area contributed by atoms with Crippen LogP contribution in [-0.4, -0.2) is 0 Å². The van der Waals surface area contributed by atoms with Crippen LogP contribution in [0, 0.1) is 19.7 Å². The first-order valence-electron chi connectivity index (χ1n) is 6.15. The van der Waals surface area contributed by atoms with Crippen LogP contribution in [0.2, 0.25) is 0 Å². The number of aryl methyl sites for hydroxylation is 2. The molecule has 0 aliphatic carbocycles. The van der Waals surface area contributed by atoms with Crippen molar-refractivity contribution in [3.63, 3.8) is 0 Å². The zero-order valence-electron chi connectivity index (χ0n) is 11.0. The number of hydrogen-bond donors (Lipinski definition) is 1. The van der Waals surface area contributed by atoms with Gasteiger partial charge >= 0.3 is 0 Å². The van der Waals surface area contributed by atoms with Gasteiger partial charge in [-0.05, 0) is 50.1 Å². The number of benzene rings is 2. The van der Waals surface area contributed by atoms with E-state index in [0.29, 0.717) is 5.56 Å². The zero-order chi connectivity index (χ0) is 13.1. The summed E-state index contributed by atoms with van der Waals surface area (Å²) in [6, 6.07) is 13.7. The molecule has 0 amide bonds. The highest BCUT2D eigenvalue weighted by Crippen LogP contribution is 2.21. The van der Waals surface area contributed by atoms with E-state index in [1.54, 1.807) is 13.0 Å². The maximum Gasteiger partial charge on any atom is 0.126 e. The van der Waals surface area contributed by atoms with Gasteiger partial charge in [-0.25, -0.2) is 4.39 Å². The molecule has 0 aliphatic heterocycles. The van der Waals surface area contributed by atoms with Gasteiger partial charge in [0.05, 0.1) is 0 Å². The van der Waals surface area contributed by atoms with Crippen molar-refractivity contribution in [3.8, 4) is 0 Å². The Hall–Kier alpha value is -1.83. The van der Waals surface area contributed by atoms with Gasteiger partial charge in [-0.15, -0.1) is 0 Å². The fourth-order valence-electron chi connectivity index (χ4n) is 1.86. The quantitative estimate of drug-likeness (QED) is 0.829. The lowest BCUT2D eigenvalue weighted by Crippen LogP contribution is -2.07. The highest BCUT2D eigenvalue weighted by molar-refractivity contribution is 5.46. The Labute approximate surface area is 108 Å². The van der Waals surface area contributed by atoms with Crippen LogP contribution in [0.4, 0.5) is 10.1 Å². The topological polar surface area (TPSA) is 12.0 Å². The molecule has 0 spiro atoms. The normalized spacial score (nSPS) is 12.2. The van der Waals surface area contributed by atoms with Crippen LogP contribution >= 0.6 is 0 Å². The minimum absolute atomic E-state index is 0.0859. The minimum atomic E-state index is -0.148. The van der Waals surface area contributed by atoms with Crippen molar-refractivity contribution in [1.29, 1.82) is 0 Å². The predicted molar refractivity (Wildman–Crippen MR) is 74.4 cm³/mol. The third-order valence-corrected chi connectivity index (χ3v) is 3.13. The molecule has 94 valence electrons. The third kappa shape index (κ3) is 2.89. The van der Waals surface area contributed by atoms with Gasteiger partial charge in [0.25, 0.3) is 0 Å². The molecule has 2 rings (SSSR count). The number of rotatable bonds is 3. The van der Waals surface area contributed by atoms with E-state index in [0.717, 1.165) is 11.3 Å². The summed E-state index contributed by atoms with van der Waals surface area (Å²) >= 11 is 0. The Kier molecular flexibility index (Phi) is 3.66. The molecule has 1 atom stereocenters. The molecule has 2 aromatic carbocycles. The van der Waals surface area contributed by atoms with Crippen LogP contribution in [0.5, 0.6) is 0 Å². The molecule has 2 aromatic rings. The summed E-state index contributed by atoms with van der Waals surface area (Å²) in [5.41, 5.74) is 3.92. The Morgan fingerprint density at radius 3 is 2.28 bits per heavy atom. The van der Waals surface area contributed by atoms with Crippen molar-refractivity contribution in [2.75, 3.05) is 5.32 Å². The van der Waals surface area contributed by atoms with E-state index >= 15 is 0 Å². The molecule has 0 saturated heterocycles. The van der Waals surface area contributed by atoms with Gasteiger partial charge in [-0.1, -0.05) is 29.8 Å². The van der Waals surface area contributed by atoms with Gasteiger partial charge in [-0.3, -0.25) is 0 Å². The summed E-state index contributed by atoms with van der Waals surface area (Å²) in [6.45, 7) is 5.86. The summed E-state index contributed by atoms with van der Waals surface area (Å²) in [5.74, 6) is -0.148. The molecule has 0 saturated carbocycles. The minimum Gasteiger partial charge on any atom is -0.379 e. The van der Waals surface area contributed by atoms with Crippen LogP contribution in [0.25, 0.3) is 0 Å². The van der Waals surface area contributed by atoms with Crippen molar-refractivity contribution < 1.29 is 4.39 Å². The van der Waals surface area contributed by atoms with Gasteiger partial charge in [0.1, 0.15) is 5.82 Å². The fourth-order valence-corrected chi connectivity index (χ4v) is 1.86. The summed E-state index contributed by atoms with van der Waals surface area (Å²) in [6.07, 6.45) is 0. The van der Waals surface area contributed by atoms with Crippen LogP contribution in [0.1, 0.15) is 29.7 Å². The Morgan fingerprint density at radius 1 is 1.00 bits per heavy atom. The fraction of sp³-hybridized carbons (Fsp3) is 0.250. The highest BCUT2D eigenvalue weighted by atomic mass is 19.1. The van der Waals surface area contributed by atoms with Gasteiger partial charge < -0.3 is 5.32 Å². The lowest BCUT2D eigenvalue weighted by molar-refractivity contribution is 0.614. The predicted octanol–water partition coefficient (Wildman–Crippen LogP) is 4.62. The van der Waals surface area contributed by atoms with Crippen molar-refractivity contribution in [1.82, 2.24) is 0 Å². The lowest BCUT2D eigenvalue weighted by Gasteiger charge is -2.16. The number of halogens is 1. The molecule has 0 aromatic heterocycles. The molecule has 0 bridgehead atoms. The molecule has 0 aliphatic rings. The highest BCUT2D eigenvalue weighted by Gasteiger charge is 2.07. The van der Waals surface area contributed by atoms with E-state index < -0.39 is 0 Å². The first-order chi connectivity index (χ1) is 8.56. The Bertz CT molecular complexity index is 531.